The number of hydrogen-bond acceptors (Lipinski definition) is 3. The number of hydrogen-bond donors (Lipinski definition) is 1. The van der Waals surface area contributed by atoms with Crippen LogP contribution in [0.5, 0.6) is 0 Å². The van der Waals surface area contributed by atoms with Crippen molar-refractivity contribution in [3.63, 3.8) is 0 Å². The number of rotatable bonds is 6. The molecule has 0 atom stereocenters. The molecule has 1 aromatic heterocycles. The van der Waals surface area contributed by atoms with Crippen molar-refractivity contribution in [1.29, 1.82) is 0 Å². The van der Waals surface area contributed by atoms with E-state index in [-0.39, 0.29) is 24.4 Å². The van der Waals surface area contributed by atoms with Gasteiger partial charge in [0.15, 0.2) is 0 Å². The molecular weight excluding hydrogens is 352 g/mol. The van der Waals surface area contributed by atoms with E-state index in [1.807, 2.05) is 74.5 Å². The quantitative estimate of drug-likeness (QED) is 0.719. The van der Waals surface area contributed by atoms with Crippen molar-refractivity contribution >= 4 is 11.8 Å². The van der Waals surface area contributed by atoms with Crippen LogP contribution in [0.3, 0.4) is 0 Å². The molecule has 3 aromatic rings. The third-order valence-corrected chi connectivity index (χ3v) is 4.19. The van der Waals surface area contributed by atoms with Crippen LogP contribution in [-0.4, -0.2) is 46.1 Å². The maximum atomic E-state index is 13.1. The summed E-state index contributed by atoms with van der Waals surface area (Å²) >= 11 is 0. The number of nitrogens with zero attached hydrogens (tertiary/aromatic N) is 3. The Labute approximate surface area is 164 Å². The van der Waals surface area contributed by atoms with Gasteiger partial charge in [0, 0.05) is 24.8 Å². The van der Waals surface area contributed by atoms with Gasteiger partial charge in [0.05, 0.1) is 17.8 Å². The molecular formula is C22H24N4O2. The molecule has 0 aliphatic heterocycles. The second kappa shape index (κ2) is 8.52. The molecule has 0 unspecified atom stereocenters. The lowest BCUT2D eigenvalue weighted by Crippen LogP contribution is -2.40. The third-order valence-electron chi connectivity index (χ3n) is 4.19. The van der Waals surface area contributed by atoms with Crippen LogP contribution in [0.25, 0.3) is 16.9 Å². The fourth-order valence-electron chi connectivity index (χ4n) is 2.91. The average molecular weight is 376 g/mol. The summed E-state index contributed by atoms with van der Waals surface area (Å²) in [6.07, 6.45) is 1.72. The Morgan fingerprint density at radius 1 is 1.04 bits per heavy atom. The monoisotopic (exact) mass is 376 g/mol. The molecule has 6 nitrogen and oxygen atoms in total. The van der Waals surface area contributed by atoms with E-state index in [2.05, 4.69) is 10.4 Å². The van der Waals surface area contributed by atoms with E-state index in [0.717, 1.165) is 11.3 Å². The van der Waals surface area contributed by atoms with Crippen LogP contribution in [0.4, 0.5) is 0 Å². The molecule has 2 aromatic carbocycles. The Morgan fingerprint density at radius 3 is 2.25 bits per heavy atom. The number of para-hydroxylation sites is 1. The standard InChI is InChI=1S/C22H24N4O2/c1-16(2)23-20(27)15-25(3)22(28)19-14-26(18-12-8-5-9-13-18)24-21(19)17-10-6-4-7-11-17/h4-14,16H,15H2,1-3H3,(H,23,27). The summed E-state index contributed by atoms with van der Waals surface area (Å²) in [5.41, 5.74) is 2.75. The lowest BCUT2D eigenvalue weighted by molar-refractivity contribution is -0.122. The van der Waals surface area contributed by atoms with Gasteiger partial charge >= 0.3 is 0 Å². The van der Waals surface area contributed by atoms with Gasteiger partial charge in [-0.2, -0.15) is 5.10 Å². The van der Waals surface area contributed by atoms with Crippen molar-refractivity contribution in [2.24, 2.45) is 0 Å². The lowest BCUT2D eigenvalue weighted by Gasteiger charge is -2.17. The Hall–Kier alpha value is -3.41. The smallest absolute Gasteiger partial charge is 0.257 e. The van der Waals surface area contributed by atoms with E-state index in [9.17, 15) is 9.59 Å². The first-order valence-electron chi connectivity index (χ1n) is 9.21. The van der Waals surface area contributed by atoms with Crippen molar-refractivity contribution in [1.82, 2.24) is 20.0 Å². The average Bonchev–Trinajstić information content (AvgIpc) is 3.13. The molecule has 1 N–H and O–H groups in total. The predicted octanol–water partition coefficient (Wildman–Crippen LogP) is 3.14. The highest BCUT2D eigenvalue weighted by Crippen LogP contribution is 2.24. The maximum absolute atomic E-state index is 13.1. The molecule has 28 heavy (non-hydrogen) atoms. The van der Waals surface area contributed by atoms with E-state index in [4.69, 9.17) is 0 Å². The second-order valence-corrected chi connectivity index (χ2v) is 6.92. The Kier molecular flexibility index (Phi) is 5.89. The minimum Gasteiger partial charge on any atom is -0.352 e. The molecule has 0 aliphatic rings. The van der Waals surface area contributed by atoms with Crippen molar-refractivity contribution in [2.45, 2.75) is 19.9 Å². The van der Waals surface area contributed by atoms with Crippen LogP contribution >= 0.6 is 0 Å². The molecule has 0 spiro atoms. The van der Waals surface area contributed by atoms with Crippen molar-refractivity contribution in [2.75, 3.05) is 13.6 Å². The molecule has 0 aliphatic carbocycles. The summed E-state index contributed by atoms with van der Waals surface area (Å²) in [7, 11) is 1.62. The van der Waals surface area contributed by atoms with Crippen LogP contribution in [-0.2, 0) is 4.79 Å². The van der Waals surface area contributed by atoms with Gasteiger partial charge in [0.2, 0.25) is 5.91 Å². The first kappa shape index (κ1) is 19.4. The van der Waals surface area contributed by atoms with Crippen LogP contribution in [0.1, 0.15) is 24.2 Å². The van der Waals surface area contributed by atoms with Crippen LogP contribution in [0.15, 0.2) is 66.9 Å². The molecule has 0 saturated carbocycles. The van der Waals surface area contributed by atoms with E-state index in [0.29, 0.717) is 11.3 Å². The normalized spacial score (nSPS) is 10.7. The van der Waals surface area contributed by atoms with Gasteiger partial charge in [0.1, 0.15) is 5.69 Å². The molecule has 0 saturated heterocycles. The van der Waals surface area contributed by atoms with E-state index < -0.39 is 0 Å². The molecule has 0 radical (unpaired) electrons. The van der Waals surface area contributed by atoms with Gasteiger partial charge in [0.25, 0.3) is 5.91 Å². The number of carbonyl (C=O) groups excluding carboxylic acids is 2. The summed E-state index contributed by atoms with van der Waals surface area (Å²) in [5.74, 6) is -0.442. The molecule has 144 valence electrons. The number of likely N-dealkylation sites (N-methyl/N-ethyl adjacent to an activating group) is 1. The van der Waals surface area contributed by atoms with Crippen molar-refractivity contribution in [3.05, 3.63) is 72.4 Å². The van der Waals surface area contributed by atoms with Crippen LogP contribution < -0.4 is 5.32 Å². The molecule has 1 heterocycles. The Balaban J connectivity index is 1.95. The summed E-state index contributed by atoms with van der Waals surface area (Å²) in [4.78, 5) is 26.6. The molecule has 0 bridgehead atoms. The molecule has 3 rings (SSSR count). The highest BCUT2D eigenvalue weighted by molar-refractivity contribution is 6.01. The molecule has 2 amide bonds. The first-order valence-corrected chi connectivity index (χ1v) is 9.21. The Bertz CT molecular complexity index is 949. The van der Waals surface area contributed by atoms with Gasteiger partial charge in [-0.3, -0.25) is 9.59 Å². The second-order valence-electron chi connectivity index (χ2n) is 6.92. The minimum atomic E-state index is -0.250. The molecule has 0 fully saturated rings. The summed E-state index contributed by atoms with van der Waals surface area (Å²) in [5, 5.41) is 7.45. The fraction of sp³-hybridized carbons (Fsp3) is 0.227. The topological polar surface area (TPSA) is 67.2 Å². The lowest BCUT2D eigenvalue weighted by atomic mass is 10.1. The van der Waals surface area contributed by atoms with Crippen LogP contribution in [0.2, 0.25) is 0 Å². The van der Waals surface area contributed by atoms with Gasteiger partial charge in [-0.1, -0.05) is 48.5 Å². The van der Waals surface area contributed by atoms with Gasteiger partial charge < -0.3 is 10.2 Å². The summed E-state index contributed by atoms with van der Waals surface area (Å²) in [6.45, 7) is 3.76. The largest absolute Gasteiger partial charge is 0.352 e. The number of benzene rings is 2. The highest BCUT2D eigenvalue weighted by Gasteiger charge is 2.23. The zero-order valence-electron chi connectivity index (χ0n) is 16.3. The van der Waals surface area contributed by atoms with Crippen LogP contribution in [0, 0.1) is 0 Å². The summed E-state index contributed by atoms with van der Waals surface area (Å²) in [6, 6.07) is 19.2. The number of aromatic nitrogens is 2. The van der Waals surface area contributed by atoms with Gasteiger partial charge in [-0.25, -0.2) is 4.68 Å². The predicted molar refractivity (Wildman–Crippen MR) is 109 cm³/mol. The first-order chi connectivity index (χ1) is 13.5. The van der Waals surface area contributed by atoms with E-state index in [1.54, 1.807) is 17.9 Å². The summed E-state index contributed by atoms with van der Waals surface area (Å²) < 4.78 is 1.69. The zero-order valence-corrected chi connectivity index (χ0v) is 16.3. The highest BCUT2D eigenvalue weighted by atomic mass is 16.2. The number of carbonyl (C=O) groups is 2. The molecule has 6 heteroatoms. The Morgan fingerprint density at radius 2 is 1.64 bits per heavy atom. The SMILES string of the molecule is CC(C)NC(=O)CN(C)C(=O)c1cn(-c2ccccc2)nc1-c1ccccc1. The minimum absolute atomic E-state index is 0.0121. The van der Waals surface area contributed by atoms with Crippen molar-refractivity contribution < 1.29 is 9.59 Å². The van der Waals surface area contributed by atoms with Crippen molar-refractivity contribution in [3.8, 4) is 16.9 Å². The number of amides is 2. The maximum Gasteiger partial charge on any atom is 0.257 e. The van der Waals surface area contributed by atoms with E-state index in [1.165, 1.54) is 4.90 Å². The number of nitrogens with one attached hydrogen (secondary N) is 1. The van der Waals surface area contributed by atoms with Gasteiger partial charge in [-0.15, -0.1) is 0 Å². The third kappa shape index (κ3) is 4.46. The van der Waals surface area contributed by atoms with Gasteiger partial charge in [-0.05, 0) is 26.0 Å². The zero-order chi connectivity index (χ0) is 20.1. The fourth-order valence-corrected chi connectivity index (χ4v) is 2.91. The van der Waals surface area contributed by atoms with E-state index >= 15 is 0 Å².